The molecular formula is C56H97Cl6N2O19P. The van der Waals surface area contributed by atoms with E-state index in [1.54, 1.807) is 40.2 Å². The van der Waals surface area contributed by atoms with E-state index >= 15 is 0 Å². The largest absolute Gasteiger partial charge is 0.475 e. The van der Waals surface area contributed by atoms with Gasteiger partial charge in [0.1, 0.15) is 61.9 Å². The SMILES string of the molecule is C/C=C\O[C@H]1O[C@H](COC)[C@@H](O)[C@H](OCC[C@@H](CCCCCCC)OC)[C@H]1NC(=O)OCC(Cl)(Cl)Cl.C=C.C=CCOP(=O)(OCC=C)O[C@H]1[C@H](OCC[C@@H](CCCCCCC)OC)[C@@H](NC(=O)OCC(Cl)(Cl)Cl)[C@@H](O/C=C\C)O[C@@H]1COC. The first-order valence-corrected chi connectivity index (χ1v) is 31.9. The molecule has 0 bridgehead atoms. The van der Waals surface area contributed by atoms with Crippen molar-refractivity contribution in [3.8, 4) is 0 Å². The number of hydrogen-bond acceptors (Lipinski definition) is 19. The average Bonchev–Trinajstić information content (AvgIpc) is 2.63. The van der Waals surface area contributed by atoms with Crippen LogP contribution in [0, 0.1) is 0 Å². The molecule has 2 aliphatic heterocycles. The number of nitrogens with one attached hydrogen (secondary N) is 2. The summed E-state index contributed by atoms with van der Waals surface area (Å²) in [5.41, 5.74) is 0. The van der Waals surface area contributed by atoms with Crippen LogP contribution in [-0.2, 0) is 75.0 Å². The third-order valence-corrected chi connectivity index (χ3v) is 14.4. The average molecular weight is 1350 g/mol. The lowest BCUT2D eigenvalue weighted by molar-refractivity contribution is -0.264. The predicted molar refractivity (Wildman–Crippen MR) is 329 cm³/mol. The highest BCUT2D eigenvalue weighted by atomic mass is 35.6. The third kappa shape index (κ3) is 36.7. The van der Waals surface area contributed by atoms with Gasteiger partial charge in [-0.3, -0.25) is 13.6 Å². The Bertz CT molecular complexity index is 1810. The van der Waals surface area contributed by atoms with E-state index in [0.29, 0.717) is 12.8 Å². The van der Waals surface area contributed by atoms with Crippen molar-refractivity contribution >= 4 is 89.6 Å². The Hall–Kier alpha value is -1.67. The number of carbonyl (C=O) groups is 2. The highest BCUT2D eigenvalue weighted by Crippen LogP contribution is 2.52. The van der Waals surface area contributed by atoms with E-state index in [1.165, 1.54) is 71.0 Å². The number of phosphoric ester groups is 1. The predicted octanol–water partition coefficient (Wildman–Crippen LogP) is 13.1. The van der Waals surface area contributed by atoms with Gasteiger partial charge in [0.05, 0.1) is 51.2 Å². The van der Waals surface area contributed by atoms with Gasteiger partial charge in [-0.1, -0.05) is 172 Å². The molecule has 3 N–H and O–H groups in total. The summed E-state index contributed by atoms with van der Waals surface area (Å²) in [4.78, 5) is 25.4. The lowest BCUT2D eigenvalue weighted by Crippen LogP contribution is -2.66. The number of carbonyl (C=O) groups excluding carboxylic acids is 2. The lowest BCUT2D eigenvalue weighted by atomic mass is 9.96. The molecule has 2 aliphatic rings. The Morgan fingerprint density at radius 2 is 1.02 bits per heavy atom. The molecule has 2 heterocycles. The number of allylic oxidation sites excluding steroid dienone is 2. The van der Waals surface area contributed by atoms with Crippen molar-refractivity contribution in [1.82, 2.24) is 10.6 Å². The van der Waals surface area contributed by atoms with Crippen LogP contribution in [0.2, 0.25) is 0 Å². The van der Waals surface area contributed by atoms with Gasteiger partial charge in [-0.25, -0.2) is 14.2 Å². The second-order valence-electron chi connectivity index (χ2n) is 19.0. The van der Waals surface area contributed by atoms with Crippen molar-refractivity contribution in [2.75, 3.05) is 81.3 Å². The molecule has 84 heavy (non-hydrogen) atoms. The second-order valence-corrected chi connectivity index (χ2v) is 25.6. The number of aliphatic hydroxyl groups is 1. The van der Waals surface area contributed by atoms with Crippen LogP contribution in [0.25, 0.3) is 0 Å². The minimum atomic E-state index is -4.27. The Balaban J connectivity index is 0.00000164. The van der Waals surface area contributed by atoms with E-state index in [4.69, 9.17) is 140 Å². The fourth-order valence-corrected chi connectivity index (χ4v) is 10.0. The number of alkyl halides is 6. The van der Waals surface area contributed by atoms with E-state index in [1.807, 2.05) is 0 Å². The summed E-state index contributed by atoms with van der Waals surface area (Å²) in [6.07, 6.45) is 13.4. The summed E-state index contributed by atoms with van der Waals surface area (Å²) >= 11 is 34.3. The molecule has 2 amide bonds. The number of phosphoric acid groups is 1. The zero-order valence-electron chi connectivity index (χ0n) is 50.3. The molecule has 0 aromatic rings. The maximum atomic E-state index is 13.8. The van der Waals surface area contributed by atoms with Crippen molar-refractivity contribution in [3.63, 3.8) is 0 Å². The number of alkyl carbamates (subject to hydrolysis) is 2. The zero-order valence-corrected chi connectivity index (χ0v) is 55.7. The molecule has 2 fully saturated rings. The van der Waals surface area contributed by atoms with Gasteiger partial charge in [0.15, 0.2) is 0 Å². The Morgan fingerprint density at radius 3 is 1.42 bits per heavy atom. The number of amides is 2. The first-order chi connectivity index (χ1) is 40.1. The first-order valence-electron chi connectivity index (χ1n) is 28.2. The number of unbranched alkanes of at least 4 members (excludes halogenated alkanes) is 8. The van der Waals surface area contributed by atoms with Crippen LogP contribution in [-0.4, -0.2) is 180 Å². The van der Waals surface area contributed by atoms with Crippen molar-refractivity contribution in [2.24, 2.45) is 0 Å². The molecule has 0 aromatic heterocycles. The Morgan fingerprint density at radius 1 is 0.619 bits per heavy atom. The molecule has 0 aromatic carbocycles. The molecule has 2 saturated heterocycles. The summed E-state index contributed by atoms with van der Waals surface area (Å²) in [5.74, 6) is 0. The Kier molecular flexibility index (Phi) is 48.2. The number of halogens is 6. The van der Waals surface area contributed by atoms with Crippen molar-refractivity contribution in [3.05, 3.63) is 63.1 Å². The van der Waals surface area contributed by atoms with E-state index in [-0.39, 0.29) is 51.8 Å². The summed E-state index contributed by atoms with van der Waals surface area (Å²) in [7, 11) is 2.02. The zero-order chi connectivity index (χ0) is 63.4. The monoisotopic (exact) mass is 1340 g/mol. The van der Waals surface area contributed by atoms with Crippen molar-refractivity contribution in [1.29, 1.82) is 0 Å². The highest BCUT2D eigenvalue weighted by molar-refractivity contribution is 7.48. The van der Waals surface area contributed by atoms with Crippen molar-refractivity contribution < 1.29 is 89.7 Å². The first kappa shape index (κ1) is 82.3. The maximum Gasteiger partial charge on any atom is 0.475 e. The van der Waals surface area contributed by atoms with Crippen LogP contribution in [0.4, 0.5) is 9.59 Å². The molecule has 12 atom stereocenters. The minimum Gasteiger partial charge on any atom is -0.471 e. The standard InChI is InChI=1S/C30H51Cl3NO11P.C24H42Cl3NO8.C2H4/c1-7-11-12-13-14-15-23(38-6)16-20-39-27-25(34-29(35)41-22-30(31,32)33)28(40-17-8-2)44-24(21-37-5)26(27)45-46(36,42-18-9-3)43-19-10-4;1-5-7-8-9-10-11-17(32-4)12-14-33-21-19(28-23(30)35-16-24(25,26)27)22(34-13-6-2)36-18(15-31-3)20(21)29;1-2/h8-10,17,23-28H,3-4,7,11-16,18-22H2,1-2,5-6H3,(H,34,35);6,13,17-22,29H,5,7-12,14-16H2,1-4H3,(H,28,30);1-2H2/b17-8-;13-6-;/t23-,24-,25-,26-,27-,28+;17-,18-,19-,20-,21-,22+;/m11./s1. The van der Waals surface area contributed by atoms with E-state index in [2.05, 4.69) is 50.8 Å². The fourth-order valence-electron chi connectivity index (χ4n) is 8.36. The Labute approximate surface area is 530 Å². The quantitative estimate of drug-likeness (QED) is 0.0169. The molecule has 0 saturated carbocycles. The van der Waals surface area contributed by atoms with Crippen molar-refractivity contribution in [2.45, 2.75) is 199 Å². The van der Waals surface area contributed by atoms with E-state index in [9.17, 15) is 19.3 Å². The molecule has 492 valence electrons. The van der Waals surface area contributed by atoms with E-state index in [0.717, 1.165) is 44.9 Å². The summed E-state index contributed by atoms with van der Waals surface area (Å²) in [6.45, 7) is 20.3. The summed E-state index contributed by atoms with van der Waals surface area (Å²) in [6, 6.07) is -2.03. The molecule has 0 aliphatic carbocycles. The molecule has 0 radical (unpaired) electrons. The number of ether oxygens (including phenoxy) is 12. The summed E-state index contributed by atoms with van der Waals surface area (Å²) < 4.78 is 95.1. The fraction of sp³-hybridized carbons (Fsp3) is 0.786. The molecule has 2 rings (SSSR count). The minimum absolute atomic E-state index is 0.0223. The van der Waals surface area contributed by atoms with Gasteiger partial charge in [-0.15, -0.1) is 26.3 Å². The molecule has 0 spiro atoms. The molecular weight excluding hydrogens is 1250 g/mol. The van der Waals surface area contributed by atoms with E-state index < -0.39 is 102 Å². The number of aliphatic hydroxyl groups excluding tert-OH is 1. The third-order valence-electron chi connectivity index (χ3n) is 12.4. The smallest absolute Gasteiger partial charge is 0.471 e. The van der Waals surface area contributed by atoms with Gasteiger partial charge >= 0.3 is 20.0 Å². The van der Waals surface area contributed by atoms with Gasteiger partial charge in [0.2, 0.25) is 20.2 Å². The van der Waals surface area contributed by atoms with Gasteiger partial charge in [0.25, 0.3) is 0 Å². The van der Waals surface area contributed by atoms with Crippen LogP contribution in [0.1, 0.15) is 118 Å². The normalized spacial score (nSPS) is 23.5. The van der Waals surface area contributed by atoms with Gasteiger partial charge in [-0.05, 0) is 39.5 Å². The number of methoxy groups -OCH3 is 4. The number of rotatable bonds is 42. The van der Waals surface area contributed by atoms with Gasteiger partial charge < -0.3 is 72.6 Å². The lowest BCUT2D eigenvalue weighted by Gasteiger charge is -2.45. The van der Waals surface area contributed by atoms with Crippen LogP contribution < -0.4 is 10.6 Å². The molecule has 28 heteroatoms. The highest BCUT2D eigenvalue weighted by Gasteiger charge is 2.53. The van der Waals surface area contributed by atoms with Gasteiger partial charge in [-0.2, -0.15) is 0 Å². The van der Waals surface area contributed by atoms with Crippen LogP contribution in [0.3, 0.4) is 0 Å². The molecule has 21 nitrogen and oxygen atoms in total. The topological polar surface area (TPSA) is 234 Å². The van der Waals surface area contributed by atoms with Crippen LogP contribution in [0.5, 0.6) is 0 Å². The molecule has 0 unspecified atom stereocenters. The van der Waals surface area contributed by atoms with Crippen LogP contribution in [0.15, 0.2) is 63.1 Å². The second kappa shape index (κ2) is 49.2. The van der Waals surface area contributed by atoms with Gasteiger partial charge in [0, 0.05) is 41.7 Å². The van der Waals surface area contributed by atoms with Crippen LogP contribution >= 0.6 is 77.4 Å². The number of hydrogen-bond donors (Lipinski definition) is 3. The maximum absolute atomic E-state index is 13.8. The summed E-state index contributed by atoms with van der Waals surface area (Å²) in [5, 5.41) is 16.3.